The Hall–Kier alpha value is -2.34. The highest BCUT2D eigenvalue weighted by atomic mass is 35.5. The van der Waals surface area contributed by atoms with Crippen LogP contribution in [0.4, 0.5) is 0 Å². The fourth-order valence-electron chi connectivity index (χ4n) is 4.08. The van der Waals surface area contributed by atoms with Crippen LogP contribution in [-0.2, 0) is 19.7 Å². The molecule has 2 aromatic rings. The highest BCUT2D eigenvalue weighted by Crippen LogP contribution is 2.37. The van der Waals surface area contributed by atoms with Gasteiger partial charge in [0.05, 0.1) is 10.9 Å². The molecule has 4 heterocycles. The molecule has 1 fully saturated rings. The molecule has 1 spiro atoms. The van der Waals surface area contributed by atoms with Crippen molar-refractivity contribution in [3.8, 4) is 11.5 Å². The number of sulfonamides is 1. The number of piperidine rings is 1. The predicted molar refractivity (Wildman–Crippen MR) is 123 cm³/mol. The van der Waals surface area contributed by atoms with Crippen LogP contribution in [0.3, 0.4) is 0 Å². The van der Waals surface area contributed by atoms with Crippen LogP contribution in [0.5, 0.6) is 11.5 Å². The van der Waals surface area contributed by atoms with Crippen molar-refractivity contribution in [2.45, 2.75) is 35.2 Å². The maximum atomic E-state index is 12.8. The van der Waals surface area contributed by atoms with Crippen molar-refractivity contribution >= 4 is 44.6 Å². The molecule has 1 atom stereocenters. The predicted octanol–water partition coefficient (Wildman–Crippen LogP) is 2.66. The molecule has 1 amide bonds. The second-order valence-electron chi connectivity index (χ2n) is 8.16. The molecule has 1 unspecified atom stereocenters. The molecule has 0 radical (unpaired) electrons. The normalized spacial score (nSPS) is 22.0. The van der Waals surface area contributed by atoms with E-state index < -0.39 is 15.6 Å². The fourth-order valence-corrected chi connectivity index (χ4v) is 7.16. The summed E-state index contributed by atoms with van der Waals surface area (Å²) >= 11 is 6.93. The topological polar surface area (TPSA) is 107 Å². The van der Waals surface area contributed by atoms with Gasteiger partial charge in [0.25, 0.3) is 15.9 Å². The molecule has 12 heteroatoms. The number of nitrogens with one attached hydrogen (secondary N) is 1. The van der Waals surface area contributed by atoms with Gasteiger partial charge in [-0.1, -0.05) is 28.9 Å². The van der Waals surface area contributed by atoms with Crippen LogP contribution in [0.25, 0.3) is 0 Å². The lowest BCUT2D eigenvalue weighted by Gasteiger charge is -2.36. The second-order valence-corrected chi connectivity index (χ2v) is 12.0. The van der Waals surface area contributed by atoms with Crippen molar-refractivity contribution in [1.82, 2.24) is 9.62 Å². The Morgan fingerprint density at radius 3 is 2.70 bits per heavy atom. The highest BCUT2D eigenvalue weighted by molar-refractivity contribution is 7.91. The maximum Gasteiger partial charge on any atom is 0.269 e. The number of rotatable bonds is 5. The molecule has 1 aromatic heterocycles. The number of para-hydroxylation sites is 2. The summed E-state index contributed by atoms with van der Waals surface area (Å²) in [5, 5.41) is 6.84. The molecule has 9 nitrogen and oxygen atoms in total. The number of nitrogens with zero attached hydrogens (tertiary/aromatic N) is 2. The largest absolute Gasteiger partial charge is 0.486 e. The zero-order valence-corrected chi connectivity index (χ0v) is 19.9. The smallest absolute Gasteiger partial charge is 0.269 e. The molecule has 3 aliphatic rings. The fraction of sp³-hybridized carbons (Fsp3) is 0.429. The third kappa shape index (κ3) is 4.54. The average molecular weight is 512 g/mol. The second kappa shape index (κ2) is 8.79. The summed E-state index contributed by atoms with van der Waals surface area (Å²) in [5.41, 5.74) is -0.358. The van der Waals surface area contributed by atoms with Crippen LogP contribution in [0.15, 0.2) is 45.8 Å². The number of amides is 1. The summed E-state index contributed by atoms with van der Waals surface area (Å²) in [6, 6.07) is 10.5. The minimum absolute atomic E-state index is 0.226. The van der Waals surface area contributed by atoms with Gasteiger partial charge < -0.3 is 19.6 Å². The Morgan fingerprint density at radius 1 is 1.21 bits per heavy atom. The number of fused-ring (bicyclic) bond motifs is 1. The Balaban J connectivity index is 1.12. The zero-order chi connectivity index (χ0) is 23.1. The lowest BCUT2D eigenvalue weighted by atomic mass is 9.87. The Kier molecular flexibility index (Phi) is 5.98. The van der Waals surface area contributed by atoms with Crippen molar-refractivity contribution in [1.29, 1.82) is 0 Å². The molecule has 5 rings (SSSR count). The van der Waals surface area contributed by atoms with E-state index in [0.717, 1.165) is 11.3 Å². The van der Waals surface area contributed by atoms with Crippen molar-refractivity contribution in [2.75, 3.05) is 26.2 Å². The maximum absolute atomic E-state index is 12.8. The van der Waals surface area contributed by atoms with Gasteiger partial charge in [0.2, 0.25) is 0 Å². The summed E-state index contributed by atoms with van der Waals surface area (Å²) in [5.74, 6) is 1.01. The molecule has 33 heavy (non-hydrogen) atoms. The van der Waals surface area contributed by atoms with Gasteiger partial charge in [-0.2, -0.15) is 4.31 Å². The van der Waals surface area contributed by atoms with Crippen LogP contribution in [0.2, 0.25) is 4.34 Å². The SMILES string of the molecule is O=C(NCC1COc2ccccc2O1)C1=NOC2(CCN(S(=O)(=O)c3ccc(Cl)s3)CC2)C1. The molecule has 0 bridgehead atoms. The molecule has 3 aliphatic heterocycles. The van der Waals surface area contributed by atoms with Gasteiger partial charge in [0.1, 0.15) is 28.2 Å². The van der Waals surface area contributed by atoms with E-state index in [1.807, 2.05) is 24.3 Å². The first-order valence-corrected chi connectivity index (χ1v) is 13.2. The molecular weight excluding hydrogens is 490 g/mol. The third-order valence-corrected chi connectivity index (χ3v) is 9.53. The van der Waals surface area contributed by atoms with Gasteiger partial charge >= 0.3 is 0 Å². The van der Waals surface area contributed by atoms with Crippen molar-refractivity contribution in [3.05, 3.63) is 40.7 Å². The molecule has 0 saturated carbocycles. The molecular formula is C21H22ClN3O6S2. The van der Waals surface area contributed by atoms with Crippen LogP contribution in [-0.4, -0.2) is 62.3 Å². The molecule has 1 saturated heterocycles. The van der Waals surface area contributed by atoms with E-state index in [9.17, 15) is 13.2 Å². The number of thiophene rings is 1. The van der Waals surface area contributed by atoms with Crippen LogP contribution >= 0.6 is 22.9 Å². The van der Waals surface area contributed by atoms with Crippen molar-refractivity contribution in [2.24, 2.45) is 5.16 Å². The zero-order valence-electron chi connectivity index (χ0n) is 17.5. The van der Waals surface area contributed by atoms with Gasteiger partial charge in [0.15, 0.2) is 11.5 Å². The summed E-state index contributed by atoms with van der Waals surface area (Å²) in [6.07, 6.45) is 0.923. The van der Waals surface area contributed by atoms with Gasteiger partial charge in [-0.05, 0) is 24.3 Å². The number of ether oxygens (including phenoxy) is 2. The number of hydrogen-bond acceptors (Lipinski definition) is 8. The van der Waals surface area contributed by atoms with Crippen molar-refractivity contribution < 1.29 is 27.5 Å². The quantitative estimate of drug-likeness (QED) is 0.661. The Morgan fingerprint density at radius 2 is 1.97 bits per heavy atom. The minimum Gasteiger partial charge on any atom is -0.486 e. The van der Waals surface area contributed by atoms with E-state index in [1.165, 1.54) is 10.4 Å². The van der Waals surface area contributed by atoms with Crippen molar-refractivity contribution in [3.63, 3.8) is 0 Å². The Bertz CT molecular complexity index is 1190. The first-order valence-electron chi connectivity index (χ1n) is 10.5. The van der Waals surface area contributed by atoms with Crippen LogP contribution in [0, 0.1) is 0 Å². The van der Waals surface area contributed by atoms with Gasteiger partial charge in [-0.15, -0.1) is 11.3 Å². The van der Waals surface area contributed by atoms with E-state index in [2.05, 4.69) is 10.5 Å². The molecule has 1 N–H and O–H groups in total. The summed E-state index contributed by atoms with van der Waals surface area (Å²) in [7, 11) is -3.59. The number of halogens is 1. The standard InChI is InChI=1S/C21H22ClN3O6S2/c22-18-5-6-19(32-18)33(27,28)25-9-7-21(8-10-25)11-15(24-31-21)20(26)23-12-14-13-29-16-3-1-2-4-17(16)30-14/h1-6,14H,7-13H2,(H,23,26). The number of carbonyl (C=O) groups is 1. The molecule has 176 valence electrons. The third-order valence-electron chi connectivity index (χ3n) is 5.94. The Labute approximate surface area is 200 Å². The first-order chi connectivity index (χ1) is 15.8. The molecule has 1 aromatic carbocycles. The summed E-state index contributed by atoms with van der Waals surface area (Å²) in [4.78, 5) is 18.3. The summed E-state index contributed by atoms with van der Waals surface area (Å²) < 4.78 is 39.2. The lowest BCUT2D eigenvalue weighted by molar-refractivity contribution is -0.115. The number of hydrogen-bond donors (Lipinski definition) is 1. The average Bonchev–Trinajstić information content (AvgIpc) is 3.45. The number of benzene rings is 1. The van der Waals surface area contributed by atoms with Gasteiger partial charge in [0, 0.05) is 32.4 Å². The van der Waals surface area contributed by atoms with Crippen LogP contribution < -0.4 is 14.8 Å². The van der Waals surface area contributed by atoms with Gasteiger partial charge in [-0.25, -0.2) is 8.42 Å². The van der Waals surface area contributed by atoms with Gasteiger partial charge in [-0.3, -0.25) is 4.79 Å². The summed E-state index contributed by atoms with van der Waals surface area (Å²) in [6.45, 7) is 1.18. The van der Waals surface area contributed by atoms with E-state index in [4.69, 9.17) is 25.9 Å². The lowest BCUT2D eigenvalue weighted by Crippen LogP contribution is -2.47. The van der Waals surface area contributed by atoms with Crippen LogP contribution in [0.1, 0.15) is 19.3 Å². The van der Waals surface area contributed by atoms with E-state index in [1.54, 1.807) is 6.07 Å². The first kappa shape index (κ1) is 22.5. The number of carbonyl (C=O) groups excluding carboxylic acids is 1. The molecule has 0 aliphatic carbocycles. The van der Waals surface area contributed by atoms with E-state index >= 15 is 0 Å². The number of oxime groups is 1. The van der Waals surface area contributed by atoms with E-state index in [0.29, 0.717) is 47.4 Å². The highest BCUT2D eigenvalue weighted by Gasteiger charge is 2.46. The van der Waals surface area contributed by atoms with E-state index in [-0.39, 0.29) is 35.9 Å². The monoisotopic (exact) mass is 511 g/mol. The minimum atomic E-state index is -3.59.